The molecule has 0 aromatic carbocycles. The van der Waals surface area contributed by atoms with Gasteiger partial charge in [-0.1, -0.05) is 0 Å². The molecule has 0 saturated carbocycles. The molecule has 0 bridgehead atoms. The third kappa shape index (κ3) is 3.91. The standard InChI is InChI=1S/C5H10N.3C2H6N.Sn/c1-3-5-6-4-2;3*1-3-2;/h4,6H,1-3,5H2;3*1-2H3;/q;3*-1;+3. The summed E-state index contributed by atoms with van der Waals surface area (Å²) in [7, 11) is 13.3. The van der Waals surface area contributed by atoms with Gasteiger partial charge in [-0.25, -0.2) is 0 Å². The molecule has 4 nitrogen and oxygen atoms in total. The van der Waals surface area contributed by atoms with Crippen molar-refractivity contribution in [1.82, 2.24) is 14.7 Å². The first-order valence-corrected chi connectivity index (χ1v) is 11.6. The summed E-state index contributed by atoms with van der Waals surface area (Å²) in [4.78, 5) is 0. The molecule has 0 aliphatic carbocycles. The van der Waals surface area contributed by atoms with Gasteiger partial charge in [0.05, 0.1) is 0 Å². The minimum atomic E-state index is -2.48. The van der Waals surface area contributed by atoms with Crippen LogP contribution in [0.3, 0.4) is 0 Å². The van der Waals surface area contributed by atoms with Gasteiger partial charge in [0.15, 0.2) is 0 Å². The fraction of sp³-hybridized carbons (Fsp3) is 0.818. The Bertz CT molecular complexity index is 182. The van der Waals surface area contributed by atoms with E-state index in [1.54, 1.807) is 6.20 Å². The number of nitrogens with zero attached hydrogens (tertiary/aromatic N) is 3. The van der Waals surface area contributed by atoms with Crippen LogP contribution < -0.4 is 5.32 Å². The van der Waals surface area contributed by atoms with Crippen LogP contribution in [-0.2, 0) is 0 Å². The van der Waals surface area contributed by atoms with Crippen LogP contribution in [0.15, 0.2) is 12.8 Å². The Morgan fingerprint density at radius 2 is 1.44 bits per heavy atom. The predicted molar refractivity (Wildman–Crippen MR) is 74.4 cm³/mol. The van der Waals surface area contributed by atoms with E-state index >= 15 is 0 Å². The molecule has 0 radical (unpaired) electrons. The van der Waals surface area contributed by atoms with Gasteiger partial charge in [0.2, 0.25) is 0 Å². The predicted octanol–water partition coefficient (Wildman–Crippen LogP) is 0.733. The Kier molecular flexibility index (Phi) is 7.63. The second-order valence-corrected chi connectivity index (χ2v) is 18.2. The number of rotatable bonds is 8. The van der Waals surface area contributed by atoms with Gasteiger partial charge >= 0.3 is 106 Å². The first kappa shape index (κ1) is 16.2. The first-order valence-electron chi connectivity index (χ1n) is 5.76. The molecule has 0 aromatic heterocycles. The van der Waals surface area contributed by atoms with E-state index in [0.717, 1.165) is 6.54 Å². The third-order valence-electron chi connectivity index (χ3n) is 3.13. The van der Waals surface area contributed by atoms with Gasteiger partial charge in [0.25, 0.3) is 0 Å². The fourth-order valence-electron chi connectivity index (χ4n) is 2.40. The summed E-state index contributed by atoms with van der Waals surface area (Å²) < 4.78 is 8.72. The van der Waals surface area contributed by atoms with Crippen molar-refractivity contribution >= 4 is 19.2 Å². The summed E-state index contributed by atoms with van der Waals surface area (Å²) in [5.74, 6) is 0. The summed E-state index contributed by atoms with van der Waals surface area (Å²) in [6.45, 7) is 4.70. The molecule has 96 valence electrons. The molecule has 1 N–H and O–H groups in total. The van der Waals surface area contributed by atoms with Crippen molar-refractivity contribution in [3.8, 4) is 0 Å². The zero-order valence-electron chi connectivity index (χ0n) is 11.7. The van der Waals surface area contributed by atoms with Crippen molar-refractivity contribution in [1.29, 1.82) is 0 Å². The van der Waals surface area contributed by atoms with Crippen molar-refractivity contribution in [3.63, 3.8) is 0 Å². The van der Waals surface area contributed by atoms with Gasteiger partial charge in [-0.05, 0) is 0 Å². The quantitative estimate of drug-likeness (QED) is 0.522. The third-order valence-corrected chi connectivity index (χ3v) is 18.3. The maximum atomic E-state index is 3.67. The molecule has 0 saturated heterocycles. The molecule has 0 unspecified atom stereocenters. The van der Waals surface area contributed by atoms with Crippen LogP contribution in [0.25, 0.3) is 0 Å². The fourth-order valence-corrected chi connectivity index (χ4v) is 14.9. The van der Waals surface area contributed by atoms with Crippen LogP contribution in [-0.4, -0.2) is 77.4 Å². The Morgan fingerprint density at radius 1 is 1.00 bits per heavy atom. The molecule has 0 fully saturated rings. The maximum absolute atomic E-state index is 3.67. The van der Waals surface area contributed by atoms with Crippen molar-refractivity contribution in [2.24, 2.45) is 0 Å². The van der Waals surface area contributed by atoms with Crippen LogP contribution in [0.5, 0.6) is 0 Å². The molecule has 16 heavy (non-hydrogen) atoms. The Hall–Kier alpha value is 0.219. The van der Waals surface area contributed by atoms with E-state index < -0.39 is 19.2 Å². The van der Waals surface area contributed by atoms with Gasteiger partial charge in [0, 0.05) is 0 Å². The molecule has 0 atom stereocenters. The summed E-state index contributed by atoms with van der Waals surface area (Å²) in [6.07, 6.45) is 2.98. The number of hydrogen-bond donors (Lipinski definition) is 1. The van der Waals surface area contributed by atoms with E-state index in [9.17, 15) is 0 Å². The molecule has 5 heteroatoms. The molecule has 0 aromatic rings. The normalized spacial score (nSPS) is 12.6. The monoisotopic (exact) mass is 336 g/mol. The molecule has 0 amide bonds. The molecule has 0 aliphatic rings. The molecule has 0 spiro atoms. The molecule has 0 heterocycles. The zero-order valence-corrected chi connectivity index (χ0v) is 14.6. The molecule has 0 rings (SSSR count). The van der Waals surface area contributed by atoms with E-state index in [0.29, 0.717) is 0 Å². The van der Waals surface area contributed by atoms with E-state index in [1.807, 2.05) is 0 Å². The van der Waals surface area contributed by atoms with E-state index in [1.165, 1.54) is 10.9 Å². The van der Waals surface area contributed by atoms with E-state index in [4.69, 9.17) is 0 Å². The summed E-state index contributed by atoms with van der Waals surface area (Å²) >= 11 is -2.48. The van der Waals surface area contributed by atoms with Crippen molar-refractivity contribution in [2.75, 3.05) is 48.8 Å². The van der Waals surface area contributed by atoms with Gasteiger partial charge in [-0.15, -0.1) is 0 Å². The van der Waals surface area contributed by atoms with Crippen LogP contribution in [0, 0.1) is 0 Å². The molecular weight excluding hydrogens is 307 g/mol. The number of hydrogen-bond acceptors (Lipinski definition) is 4. The summed E-state index contributed by atoms with van der Waals surface area (Å²) in [6, 6.07) is 0. The molecular formula is C11H28N4Sn. The second kappa shape index (κ2) is 7.53. The van der Waals surface area contributed by atoms with Crippen molar-refractivity contribution in [3.05, 3.63) is 12.8 Å². The first-order chi connectivity index (χ1) is 7.39. The summed E-state index contributed by atoms with van der Waals surface area (Å²) in [5, 5.41) is 3.18. The topological polar surface area (TPSA) is 21.8 Å². The Morgan fingerprint density at radius 3 is 1.75 bits per heavy atom. The van der Waals surface area contributed by atoms with Gasteiger partial charge in [-0.3, -0.25) is 0 Å². The Balaban J connectivity index is 4.57. The number of nitrogens with one attached hydrogen (secondary N) is 1. The van der Waals surface area contributed by atoms with Crippen LogP contribution in [0.1, 0.15) is 6.42 Å². The van der Waals surface area contributed by atoms with E-state index in [2.05, 4.69) is 63.5 Å². The second-order valence-electron chi connectivity index (χ2n) is 4.72. The van der Waals surface area contributed by atoms with Crippen LogP contribution in [0.4, 0.5) is 0 Å². The van der Waals surface area contributed by atoms with Crippen molar-refractivity contribution < 1.29 is 0 Å². The molecule has 0 aliphatic heterocycles. The SMILES string of the molecule is C=CNCC[CH2][Sn]([N](C)C)([N](C)C)[N](C)C. The summed E-state index contributed by atoms with van der Waals surface area (Å²) in [5.41, 5.74) is 0. The van der Waals surface area contributed by atoms with Gasteiger partial charge in [-0.2, -0.15) is 0 Å². The van der Waals surface area contributed by atoms with Crippen molar-refractivity contribution in [2.45, 2.75) is 10.9 Å². The average Bonchev–Trinajstić information content (AvgIpc) is 2.16. The average molecular weight is 335 g/mol. The van der Waals surface area contributed by atoms with Gasteiger partial charge in [0.1, 0.15) is 0 Å². The minimum absolute atomic E-state index is 1.03. The van der Waals surface area contributed by atoms with Crippen LogP contribution >= 0.6 is 0 Å². The zero-order chi connectivity index (χ0) is 12.8. The Labute approximate surface area is 106 Å². The van der Waals surface area contributed by atoms with Crippen LogP contribution in [0.2, 0.25) is 4.44 Å². The van der Waals surface area contributed by atoms with Gasteiger partial charge < -0.3 is 0 Å². The van der Waals surface area contributed by atoms with E-state index in [-0.39, 0.29) is 0 Å².